The van der Waals surface area contributed by atoms with Crippen molar-refractivity contribution in [3.8, 4) is 5.75 Å². The highest BCUT2D eigenvalue weighted by Gasteiger charge is 2.04. The first-order valence-electron chi connectivity index (χ1n) is 6.92. The topological polar surface area (TPSA) is 47.3 Å². The molecule has 0 aliphatic rings. The van der Waals surface area contributed by atoms with Gasteiger partial charge in [-0.1, -0.05) is 6.92 Å². The summed E-state index contributed by atoms with van der Waals surface area (Å²) in [6, 6.07) is 8.08. The van der Waals surface area contributed by atoms with Gasteiger partial charge in [-0.25, -0.2) is 0 Å². The number of aryl methyl sites for hydroxylation is 2. The molecule has 0 amide bonds. The monoisotopic (exact) mass is 290 g/mol. The lowest BCUT2D eigenvalue weighted by molar-refractivity contribution is 0.319. The summed E-state index contributed by atoms with van der Waals surface area (Å²) < 4.78 is 5.64. The molecule has 2 aromatic rings. The van der Waals surface area contributed by atoms with E-state index in [1.54, 1.807) is 0 Å². The Hall–Kier alpha value is -1.68. The van der Waals surface area contributed by atoms with Crippen molar-refractivity contribution in [1.82, 2.24) is 0 Å². The van der Waals surface area contributed by atoms with E-state index in [4.69, 9.17) is 10.5 Å². The van der Waals surface area contributed by atoms with Crippen LogP contribution in [0.2, 0.25) is 0 Å². The minimum Gasteiger partial charge on any atom is -0.491 e. The molecule has 0 saturated heterocycles. The second-order valence-electron chi connectivity index (χ2n) is 4.91. The number of ether oxygens (including phenoxy) is 1. The van der Waals surface area contributed by atoms with Gasteiger partial charge < -0.3 is 15.8 Å². The fourth-order valence-corrected chi connectivity index (χ4v) is 2.90. The maximum Gasteiger partial charge on any atom is 0.144 e. The van der Waals surface area contributed by atoms with Gasteiger partial charge in [0, 0.05) is 28.1 Å². The van der Waals surface area contributed by atoms with E-state index in [1.807, 2.05) is 29.5 Å². The van der Waals surface area contributed by atoms with Crippen LogP contribution in [0.1, 0.15) is 28.7 Å². The van der Waals surface area contributed by atoms with E-state index >= 15 is 0 Å². The van der Waals surface area contributed by atoms with Crippen molar-refractivity contribution < 1.29 is 4.74 Å². The van der Waals surface area contributed by atoms with Crippen LogP contribution in [-0.2, 0) is 6.54 Å². The molecular weight excluding hydrogens is 268 g/mol. The number of hydrogen-bond donors (Lipinski definition) is 2. The molecule has 0 atom stereocenters. The number of nitrogen functional groups attached to an aromatic ring is 1. The number of anilines is 2. The van der Waals surface area contributed by atoms with Gasteiger partial charge in [-0.2, -0.15) is 0 Å². The van der Waals surface area contributed by atoms with E-state index in [2.05, 4.69) is 32.2 Å². The Morgan fingerprint density at radius 3 is 2.70 bits per heavy atom. The summed E-state index contributed by atoms with van der Waals surface area (Å²) >= 11 is 1.84. The highest BCUT2D eigenvalue weighted by molar-refractivity contribution is 7.12. The van der Waals surface area contributed by atoms with Crippen molar-refractivity contribution in [2.24, 2.45) is 0 Å². The second kappa shape index (κ2) is 6.66. The molecule has 0 spiro atoms. The lowest BCUT2D eigenvalue weighted by Gasteiger charge is -2.11. The SMILES string of the molecule is CCCOc1cc(NCc2cc(C)c(C)s2)ccc1N. The van der Waals surface area contributed by atoms with Crippen molar-refractivity contribution in [1.29, 1.82) is 0 Å². The van der Waals surface area contributed by atoms with Crippen LogP contribution >= 0.6 is 11.3 Å². The normalized spacial score (nSPS) is 10.6. The van der Waals surface area contributed by atoms with Crippen molar-refractivity contribution in [3.63, 3.8) is 0 Å². The molecule has 108 valence electrons. The highest BCUT2D eigenvalue weighted by atomic mass is 32.1. The molecule has 4 heteroatoms. The van der Waals surface area contributed by atoms with E-state index in [0.29, 0.717) is 12.3 Å². The van der Waals surface area contributed by atoms with Gasteiger partial charge in [-0.05, 0) is 44.0 Å². The van der Waals surface area contributed by atoms with Crippen molar-refractivity contribution in [2.45, 2.75) is 33.7 Å². The molecule has 0 unspecified atom stereocenters. The lowest BCUT2D eigenvalue weighted by Crippen LogP contribution is -2.02. The third-order valence-electron chi connectivity index (χ3n) is 3.16. The van der Waals surface area contributed by atoms with Gasteiger partial charge in [-0.3, -0.25) is 0 Å². The van der Waals surface area contributed by atoms with Crippen molar-refractivity contribution in [2.75, 3.05) is 17.7 Å². The summed E-state index contributed by atoms with van der Waals surface area (Å²) in [5.74, 6) is 0.760. The molecule has 1 aromatic heterocycles. The zero-order valence-electron chi connectivity index (χ0n) is 12.3. The van der Waals surface area contributed by atoms with Gasteiger partial charge in [-0.15, -0.1) is 11.3 Å². The summed E-state index contributed by atoms with van der Waals surface area (Å²) in [5.41, 5.74) is 8.99. The molecule has 0 radical (unpaired) electrons. The summed E-state index contributed by atoms with van der Waals surface area (Å²) in [4.78, 5) is 2.72. The van der Waals surface area contributed by atoms with Crippen LogP contribution < -0.4 is 15.8 Å². The minimum absolute atomic E-state index is 0.687. The van der Waals surface area contributed by atoms with Gasteiger partial charge >= 0.3 is 0 Å². The van der Waals surface area contributed by atoms with E-state index in [0.717, 1.165) is 24.4 Å². The Balaban J connectivity index is 2.02. The molecule has 0 saturated carbocycles. The van der Waals surface area contributed by atoms with E-state index in [9.17, 15) is 0 Å². The first-order valence-corrected chi connectivity index (χ1v) is 7.74. The molecule has 1 heterocycles. The Labute approximate surface area is 124 Å². The zero-order valence-corrected chi connectivity index (χ0v) is 13.1. The molecule has 0 aliphatic carbocycles. The van der Waals surface area contributed by atoms with Crippen LogP contribution in [0.15, 0.2) is 24.3 Å². The Morgan fingerprint density at radius 1 is 1.25 bits per heavy atom. The first-order chi connectivity index (χ1) is 9.60. The van der Waals surface area contributed by atoms with Gasteiger partial charge in [0.25, 0.3) is 0 Å². The summed E-state index contributed by atoms with van der Waals surface area (Å²) in [7, 11) is 0. The van der Waals surface area contributed by atoms with Crippen LogP contribution in [0.25, 0.3) is 0 Å². The van der Waals surface area contributed by atoms with Crippen LogP contribution in [0, 0.1) is 13.8 Å². The van der Waals surface area contributed by atoms with Crippen LogP contribution in [-0.4, -0.2) is 6.61 Å². The van der Waals surface area contributed by atoms with E-state index < -0.39 is 0 Å². The van der Waals surface area contributed by atoms with Crippen molar-refractivity contribution in [3.05, 3.63) is 39.6 Å². The van der Waals surface area contributed by atoms with Gasteiger partial charge in [0.05, 0.1) is 12.3 Å². The Kier molecular flexibility index (Phi) is 4.90. The number of benzene rings is 1. The third-order valence-corrected chi connectivity index (χ3v) is 4.31. The minimum atomic E-state index is 0.687. The van der Waals surface area contributed by atoms with Crippen molar-refractivity contribution >= 4 is 22.7 Å². The van der Waals surface area contributed by atoms with Crippen LogP contribution in [0.3, 0.4) is 0 Å². The zero-order chi connectivity index (χ0) is 14.5. The predicted octanol–water partition coefficient (Wildman–Crippen LogP) is 4.35. The first kappa shape index (κ1) is 14.7. The Morgan fingerprint density at radius 2 is 2.05 bits per heavy atom. The Bertz CT molecular complexity index is 558. The van der Waals surface area contributed by atoms with Crippen LogP contribution in [0.5, 0.6) is 5.75 Å². The maximum absolute atomic E-state index is 5.91. The summed E-state index contributed by atoms with van der Waals surface area (Å²) in [6.07, 6.45) is 0.977. The molecule has 20 heavy (non-hydrogen) atoms. The fourth-order valence-electron chi connectivity index (χ4n) is 1.91. The number of nitrogens with one attached hydrogen (secondary N) is 1. The number of thiophene rings is 1. The number of rotatable bonds is 6. The second-order valence-corrected chi connectivity index (χ2v) is 6.25. The quantitative estimate of drug-likeness (QED) is 0.778. The number of nitrogens with two attached hydrogens (primary N) is 1. The van der Waals surface area contributed by atoms with Gasteiger partial charge in [0.1, 0.15) is 5.75 Å². The largest absolute Gasteiger partial charge is 0.491 e. The summed E-state index contributed by atoms with van der Waals surface area (Å²) in [6.45, 7) is 7.91. The third kappa shape index (κ3) is 3.67. The molecule has 3 nitrogen and oxygen atoms in total. The fraction of sp³-hybridized carbons (Fsp3) is 0.375. The van der Waals surface area contributed by atoms with Gasteiger partial charge in [0.15, 0.2) is 0 Å². The molecule has 0 bridgehead atoms. The molecule has 2 rings (SSSR count). The average Bonchev–Trinajstić information content (AvgIpc) is 2.75. The predicted molar refractivity (Wildman–Crippen MR) is 87.8 cm³/mol. The molecular formula is C16H22N2OS. The molecule has 3 N–H and O–H groups in total. The highest BCUT2D eigenvalue weighted by Crippen LogP contribution is 2.27. The molecule has 1 aromatic carbocycles. The van der Waals surface area contributed by atoms with E-state index in [-0.39, 0.29) is 0 Å². The average molecular weight is 290 g/mol. The molecule has 0 fully saturated rings. The maximum atomic E-state index is 5.91. The van der Waals surface area contributed by atoms with E-state index in [1.165, 1.54) is 15.3 Å². The standard InChI is InChI=1S/C16H22N2OS/c1-4-7-19-16-9-13(5-6-15(16)17)18-10-14-8-11(2)12(3)20-14/h5-6,8-9,18H,4,7,10,17H2,1-3H3. The summed E-state index contributed by atoms with van der Waals surface area (Å²) in [5, 5.41) is 3.42. The smallest absolute Gasteiger partial charge is 0.144 e. The van der Waals surface area contributed by atoms with Crippen LogP contribution in [0.4, 0.5) is 11.4 Å². The molecule has 0 aliphatic heterocycles. The van der Waals surface area contributed by atoms with Gasteiger partial charge in [0.2, 0.25) is 0 Å². The lowest BCUT2D eigenvalue weighted by atomic mass is 10.2. The number of hydrogen-bond acceptors (Lipinski definition) is 4.